The van der Waals surface area contributed by atoms with Gasteiger partial charge in [-0.1, -0.05) is 54.6 Å². The van der Waals surface area contributed by atoms with Crippen LogP contribution < -0.4 is 15.2 Å². The minimum atomic E-state index is -0.560. The van der Waals surface area contributed by atoms with Crippen LogP contribution in [-0.2, 0) is 0 Å². The highest BCUT2D eigenvalue weighted by Gasteiger charge is 2.27. The summed E-state index contributed by atoms with van der Waals surface area (Å²) in [7, 11) is 0. The number of aromatic nitrogens is 3. The predicted octanol–water partition coefficient (Wildman–Crippen LogP) is 6.20. The summed E-state index contributed by atoms with van der Waals surface area (Å²) < 4.78 is 5.96. The summed E-state index contributed by atoms with van der Waals surface area (Å²) in [5.74, 6) is 0.156. The number of aryl methyl sites for hydroxylation is 1. The lowest BCUT2D eigenvalue weighted by Gasteiger charge is -2.25. The van der Waals surface area contributed by atoms with Crippen molar-refractivity contribution in [3.8, 4) is 11.6 Å². The van der Waals surface area contributed by atoms with E-state index in [1.54, 1.807) is 17.1 Å². The molecular formula is C26H20N6O3. The van der Waals surface area contributed by atoms with Gasteiger partial charge in [0.15, 0.2) is 5.75 Å². The zero-order chi connectivity index (χ0) is 24.2. The van der Waals surface area contributed by atoms with E-state index < -0.39 is 10.6 Å². The van der Waals surface area contributed by atoms with E-state index in [9.17, 15) is 10.1 Å². The fraction of sp³-hybridized carbons (Fsp3) is 0.0385. The topological polar surface area (TPSA) is 106 Å². The number of pyridine rings is 1. The number of hydrazine groups is 1. The third-order valence-electron chi connectivity index (χ3n) is 5.25. The van der Waals surface area contributed by atoms with E-state index in [0.717, 1.165) is 22.5 Å². The van der Waals surface area contributed by atoms with Crippen molar-refractivity contribution in [1.29, 1.82) is 0 Å². The zero-order valence-electron chi connectivity index (χ0n) is 18.7. The van der Waals surface area contributed by atoms with Crippen molar-refractivity contribution >= 4 is 33.8 Å². The maximum absolute atomic E-state index is 12.2. The molecule has 0 saturated carbocycles. The lowest BCUT2D eigenvalue weighted by molar-refractivity contribution is -0.385. The minimum absolute atomic E-state index is 0.0166. The van der Waals surface area contributed by atoms with Crippen LogP contribution in [0.5, 0.6) is 11.6 Å². The zero-order valence-corrected chi connectivity index (χ0v) is 18.7. The number of benzene rings is 3. The summed E-state index contributed by atoms with van der Waals surface area (Å²) in [6, 6.07) is 28.1. The number of hydrogen-bond donors (Lipinski definition) is 1. The fourth-order valence-electron chi connectivity index (χ4n) is 3.63. The molecule has 0 aliphatic heterocycles. The predicted molar refractivity (Wildman–Crippen MR) is 134 cm³/mol. The van der Waals surface area contributed by atoms with Crippen LogP contribution in [0.1, 0.15) is 5.69 Å². The molecule has 0 saturated heterocycles. The summed E-state index contributed by atoms with van der Waals surface area (Å²) in [6.45, 7) is 1.87. The van der Waals surface area contributed by atoms with Crippen LogP contribution in [0.2, 0.25) is 0 Å². The van der Waals surface area contributed by atoms with E-state index in [1.807, 2.05) is 85.8 Å². The number of hydrogen-bond acceptors (Lipinski definition) is 8. The van der Waals surface area contributed by atoms with E-state index in [4.69, 9.17) is 4.74 Å². The number of anilines is 3. The minimum Gasteiger partial charge on any atom is -0.431 e. The lowest BCUT2D eigenvalue weighted by atomic mass is 10.2. The largest absolute Gasteiger partial charge is 0.431 e. The van der Waals surface area contributed by atoms with Gasteiger partial charge in [-0.3, -0.25) is 20.5 Å². The molecule has 2 heterocycles. The van der Waals surface area contributed by atoms with Gasteiger partial charge in [0.1, 0.15) is 11.8 Å². The number of para-hydroxylation sites is 3. The quantitative estimate of drug-likeness (QED) is 0.224. The first-order valence-corrected chi connectivity index (χ1v) is 10.8. The number of ether oxygens (including phenoxy) is 1. The summed E-state index contributed by atoms with van der Waals surface area (Å²) in [5, 5.41) is 14.7. The van der Waals surface area contributed by atoms with Gasteiger partial charge in [0.2, 0.25) is 5.82 Å². The van der Waals surface area contributed by atoms with Gasteiger partial charge in [-0.15, -0.1) is 0 Å². The molecule has 0 spiro atoms. The maximum atomic E-state index is 12.2. The van der Waals surface area contributed by atoms with Gasteiger partial charge >= 0.3 is 11.6 Å². The average Bonchev–Trinajstić information content (AvgIpc) is 2.88. The van der Waals surface area contributed by atoms with Gasteiger partial charge in [-0.25, -0.2) is 9.97 Å². The maximum Gasteiger partial charge on any atom is 0.374 e. The third-order valence-corrected chi connectivity index (χ3v) is 5.25. The summed E-state index contributed by atoms with van der Waals surface area (Å²) in [4.78, 5) is 24.4. The van der Waals surface area contributed by atoms with E-state index in [2.05, 4.69) is 20.4 Å². The first-order chi connectivity index (χ1) is 17.1. The Bertz CT molecular complexity index is 1460. The van der Waals surface area contributed by atoms with Crippen molar-refractivity contribution in [3.63, 3.8) is 0 Å². The lowest BCUT2D eigenvalue weighted by Crippen LogP contribution is -2.25. The average molecular weight is 464 g/mol. The second-order valence-corrected chi connectivity index (χ2v) is 7.63. The van der Waals surface area contributed by atoms with Crippen LogP contribution in [-0.4, -0.2) is 19.9 Å². The SMILES string of the molecule is Cc1ccc2cccc(Oc3ncnc(NN(c4ccccc4)c4ccccc4)c3[N+](=O)[O-])c2n1. The van der Waals surface area contributed by atoms with Crippen LogP contribution in [0.3, 0.4) is 0 Å². The molecule has 35 heavy (non-hydrogen) atoms. The van der Waals surface area contributed by atoms with Crippen LogP contribution in [0.25, 0.3) is 10.9 Å². The van der Waals surface area contributed by atoms with Crippen LogP contribution in [0.4, 0.5) is 22.9 Å². The molecule has 172 valence electrons. The van der Waals surface area contributed by atoms with Gasteiger partial charge in [-0.2, -0.15) is 4.98 Å². The highest BCUT2D eigenvalue weighted by atomic mass is 16.6. The Kier molecular flexibility index (Phi) is 5.87. The Labute approximate surface area is 200 Å². The van der Waals surface area contributed by atoms with Crippen LogP contribution in [0.15, 0.2) is 97.3 Å². The number of nitrogens with zero attached hydrogens (tertiary/aromatic N) is 5. The molecule has 9 nitrogen and oxygen atoms in total. The molecule has 0 atom stereocenters. The number of fused-ring (bicyclic) bond motifs is 1. The molecule has 0 radical (unpaired) electrons. The first kappa shape index (κ1) is 21.8. The first-order valence-electron chi connectivity index (χ1n) is 10.8. The van der Waals surface area contributed by atoms with Crippen molar-refractivity contribution in [3.05, 3.63) is 113 Å². The molecule has 2 aromatic heterocycles. The van der Waals surface area contributed by atoms with Crippen molar-refractivity contribution in [2.24, 2.45) is 0 Å². The van der Waals surface area contributed by atoms with E-state index >= 15 is 0 Å². The summed E-state index contributed by atoms with van der Waals surface area (Å²) in [5.41, 5.74) is 5.61. The Morgan fingerprint density at radius 2 is 1.54 bits per heavy atom. The molecule has 5 aromatic rings. The van der Waals surface area contributed by atoms with Gasteiger partial charge in [0.05, 0.1) is 16.3 Å². The standard InChI is InChI=1S/C26H20N6O3/c1-18-15-16-19-9-8-14-22(23(19)29-18)35-26-24(32(33)34)25(27-17-28-26)30-31(20-10-4-2-5-11-20)21-12-6-3-7-13-21/h2-17H,1H3,(H,27,28,30). The highest BCUT2D eigenvalue weighted by molar-refractivity contribution is 5.85. The van der Waals surface area contributed by atoms with Crippen LogP contribution >= 0.6 is 0 Å². The molecule has 0 aliphatic rings. The second kappa shape index (κ2) is 9.44. The summed E-state index contributed by atoms with van der Waals surface area (Å²) in [6.07, 6.45) is 1.22. The van der Waals surface area contributed by atoms with Crippen molar-refractivity contribution < 1.29 is 9.66 Å². The normalized spacial score (nSPS) is 10.7. The Hall–Kier alpha value is -5.05. The Balaban J connectivity index is 1.57. The van der Waals surface area contributed by atoms with Gasteiger partial charge < -0.3 is 4.74 Å². The molecule has 5 rings (SSSR count). The Morgan fingerprint density at radius 3 is 2.20 bits per heavy atom. The van der Waals surface area contributed by atoms with Gasteiger partial charge in [0.25, 0.3) is 0 Å². The monoisotopic (exact) mass is 464 g/mol. The molecule has 0 aliphatic carbocycles. The molecule has 3 aromatic carbocycles. The fourth-order valence-corrected chi connectivity index (χ4v) is 3.63. The number of nitrogens with one attached hydrogen (secondary N) is 1. The molecule has 0 bridgehead atoms. The number of rotatable bonds is 7. The Morgan fingerprint density at radius 1 is 0.857 bits per heavy atom. The molecular weight excluding hydrogens is 444 g/mol. The smallest absolute Gasteiger partial charge is 0.374 e. The van der Waals surface area contributed by atoms with Crippen molar-refractivity contribution in [2.45, 2.75) is 6.92 Å². The highest BCUT2D eigenvalue weighted by Crippen LogP contribution is 2.37. The van der Waals surface area contributed by atoms with Gasteiger partial charge in [-0.05, 0) is 43.3 Å². The second-order valence-electron chi connectivity index (χ2n) is 7.63. The molecule has 0 amide bonds. The van der Waals surface area contributed by atoms with E-state index in [0.29, 0.717) is 11.3 Å². The van der Waals surface area contributed by atoms with Gasteiger partial charge in [0, 0.05) is 11.1 Å². The van der Waals surface area contributed by atoms with Crippen molar-refractivity contribution in [2.75, 3.05) is 10.4 Å². The molecule has 0 fully saturated rings. The molecule has 0 unspecified atom stereocenters. The van der Waals surface area contributed by atoms with Crippen LogP contribution in [0, 0.1) is 17.0 Å². The number of nitro groups is 1. The summed E-state index contributed by atoms with van der Waals surface area (Å²) >= 11 is 0. The molecule has 1 N–H and O–H groups in total. The third kappa shape index (κ3) is 4.55. The van der Waals surface area contributed by atoms with E-state index in [1.165, 1.54) is 6.33 Å². The van der Waals surface area contributed by atoms with Crippen molar-refractivity contribution in [1.82, 2.24) is 15.0 Å². The van der Waals surface area contributed by atoms with E-state index in [-0.39, 0.29) is 11.7 Å². The molecule has 9 heteroatoms.